The molecule has 1 saturated heterocycles. The molecule has 0 bridgehead atoms. The maximum absolute atomic E-state index is 6.10. The third-order valence-electron chi connectivity index (χ3n) is 5.48. The largest absolute Gasteiger partial charge is 0.498 e. The zero-order valence-corrected chi connectivity index (χ0v) is 16.3. The Morgan fingerprint density at radius 2 is 1.70 bits per heavy atom. The number of benzene rings is 1. The summed E-state index contributed by atoms with van der Waals surface area (Å²) in [5.41, 5.74) is 1.46. The molecule has 1 aliphatic rings. The number of hydrogen-bond donors (Lipinski definition) is 0. The van der Waals surface area contributed by atoms with Crippen LogP contribution in [-0.2, 0) is 22.4 Å². The van der Waals surface area contributed by atoms with Gasteiger partial charge in [-0.15, -0.1) is 0 Å². The highest BCUT2D eigenvalue weighted by Gasteiger charge is 2.52. The number of nitrogens with zero attached hydrogens (tertiary/aromatic N) is 4. The van der Waals surface area contributed by atoms with Crippen LogP contribution in [0.1, 0.15) is 39.1 Å². The lowest BCUT2D eigenvalue weighted by molar-refractivity contribution is 0.00578. The fourth-order valence-corrected chi connectivity index (χ4v) is 3.13. The predicted octanol–water partition coefficient (Wildman–Crippen LogP) is 2.48. The van der Waals surface area contributed by atoms with Crippen molar-refractivity contribution >= 4 is 12.6 Å². The molecule has 0 N–H and O–H groups in total. The van der Waals surface area contributed by atoms with E-state index in [0.29, 0.717) is 6.54 Å². The van der Waals surface area contributed by atoms with Crippen LogP contribution in [0.3, 0.4) is 0 Å². The van der Waals surface area contributed by atoms with Crippen LogP contribution >= 0.6 is 0 Å². The second-order valence-corrected chi connectivity index (χ2v) is 8.02. The number of rotatable bonds is 5. The van der Waals surface area contributed by atoms with Gasteiger partial charge < -0.3 is 13.9 Å². The Kier molecular flexibility index (Phi) is 4.44. The molecule has 1 aliphatic heterocycles. The van der Waals surface area contributed by atoms with E-state index in [4.69, 9.17) is 9.31 Å². The highest BCUT2D eigenvalue weighted by molar-refractivity contribution is 6.61. The van der Waals surface area contributed by atoms with Gasteiger partial charge >= 0.3 is 7.12 Å². The minimum atomic E-state index is -0.396. The lowest BCUT2D eigenvalue weighted by Crippen LogP contribution is -2.41. The van der Waals surface area contributed by atoms with Gasteiger partial charge in [-0.2, -0.15) is 5.10 Å². The molecule has 6 nitrogen and oxygen atoms in total. The van der Waals surface area contributed by atoms with Crippen molar-refractivity contribution in [3.05, 3.63) is 66.5 Å². The van der Waals surface area contributed by atoms with Gasteiger partial charge in [0.05, 0.1) is 17.7 Å². The molecule has 3 aromatic rings. The minimum absolute atomic E-state index is 0.355. The first-order chi connectivity index (χ1) is 12.8. The lowest BCUT2D eigenvalue weighted by Gasteiger charge is -2.32. The highest BCUT2D eigenvalue weighted by atomic mass is 16.7. The Hall–Kier alpha value is -2.38. The van der Waals surface area contributed by atoms with Crippen LogP contribution in [0.4, 0.5) is 0 Å². The normalized spacial score (nSPS) is 18.1. The summed E-state index contributed by atoms with van der Waals surface area (Å²) in [4.78, 5) is 4.50. The molecular weight excluding hydrogens is 339 g/mol. The van der Waals surface area contributed by atoms with Crippen molar-refractivity contribution in [1.29, 1.82) is 0 Å². The maximum Gasteiger partial charge on any atom is 0.498 e. The first-order valence-electron chi connectivity index (χ1n) is 9.26. The molecule has 7 heteroatoms. The molecule has 27 heavy (non-hydrogen) atoms. The zero-order chi connectivity index (χ0) is 19.1. The van der Waals surface area contributed by atoms with Crippen molar-refractivity contribution in [2.24, 2.45) is 0 Å². The summed E-state index contributed by atoms with van der Waals surface area (Å²) in [6, 6.07) is 10.4. The quantitative estimate of drug-likeness (QED) is 0.653. The van der Waals surface area contributed by atoms with Crippen molar-refractivity contribution in [2.75, 3.05) is 0 Å². The molecule has 0 aliphatic carbocycles. The molecule has 4 rings (SSSR count). The molecule has 0 radical (unpaired) electrons. The maximum atomic E-state index is 6.10. The van der Waals surface area contributed by atoms with Gasteiger partial charge in [0.2, 0.25) is 0 Å². The molecule has 0 unspecified atom stereocenters. The second-order valence-electron chi connectivity index (χ2n) is 8.02. The number of hydrogen-bond acceptors (Lipinski definition) is 4. The average Bonchev–Trinajstić information content (AvgIpc) is 3.29. The van der Waals surface area contributed by atoms with E-state index >= 15 is 0 Å². The van der Waals surface area contributed by atoms with Gasteiger partial charge in [-0.3, -0.25) is 4.68 Å². The summed E-state index contributed by atoms with van der Waals surface area (Å²) in [5.74, 6) is 0.961. The fraction of sp³-hybridized carbons (Fsp3) is 0.400. The van der Waals surface area contributed by atoms with E-state index in [0.717, 1.165) is 17.8 Å². The summed E-state index contributed by atoms with van der Waals surface area (Å²) in [6.45, 7) is 9.60. The third kappa shape index (κ3) is 3.57. The Morgan fingerprint density at radius 3 is 2.41 bits per heavy atom. The van der Waals surface area contributed by atoms with Crippen LogP contribution in [0.25, 0.3) is 0 Å². The SMILES string of the molecule is CC1(C)OB(c2cnn(Cc3nccn3Cc3ccccc3)c2)OC1(C)C. The average molecular weight is 364 g/mol. The molecule has 2 aromatic heterocycles. The summed E-state index contributed by atoms with van der Waals surface area (Å²) in [7, 11) is -0.396. The minimum Gasteiger partial charge on any atom is -0.399 e. The van der Waals surface area contributed by atoms with Crippen molar-refractivity contribution in [3.8, 4) is 0 Å². The van der Waals surface area contributed by atoms with Gasteiger partial charge in [0.15, 0.2) is 0 Å². The van der Waals surface area contributed by atoms with E-state index in [1.54, 1.807) is 0 Å². The smallest absolute Gasteiger partial charge is 0.399 e. The van der Waals surface area contributed by atoms with Crippen LogP contribution in [0.5, 0.6) is 0 Å². The molecule has 0 spiro atoms. The molecule has 1 fully saturated rings. The van der Waals surface area contributed by atoms with Gasteiger partial charge in [-0.05, 0) is 33.3 Å². The molecule has 140 valence electrons. The first-order valence-corrected chi connectivity index (χ1v) is 9.26. The molecule has 0 amide bonds. The van der Waals surface area contributed by atoms with Crippen LogP contribution in [0, 0.1) is 0 Å². The second kappa shape index (κ2) is 6.66. The summed E-state index contributed by atoms with van der Waals surface area (Å²) < 4.78 is 16.2. The van der Waals surface area contributed by atoms with Gasteiger partial charge in [0.1, 0.15) is 5.82 Å². The van der Waals surface area contributed by atoms with Crippen molar-refractivity contribution in [3.63, 3.8) is 0 Å². The standard InChI is InChI=1S/C20H25BN4O2/c1-19(2)20(3,4)27-21(26-19)17-12-23-25(14-17)15-18-22-10-11-24(18)13-16-8-6-5-7-9-16/h5-12,14H,13,15H2,1-4H3. The molecule has 0 saturated carbocycles. The first kappa shape index (κ1) is 18.0. The third-order valence-corrected chi connectivity index (χ3v) is 5.48. The van der Waals surface area contributed by atoms with Crippen LogP contribution in [0.15, 0.2) is 55.1 Å². The van der Waals surface area contributed by atoms with Gasteiger partial charge in [-0.25, -0.2) is 4.98 Å². The van der Waals surface area contributed by atoms with Crippen molar-refractivity contribution in [2.45, 2.75) is 52.0 Å². The van der Waals surface area contributed by atoms with Gasteiger partial charge in [0, 0.05) is 36.8 Å². The number of imidazole rings is 1. The zero-order valence-electron chi connectivity index (χ0n) is 16.3. The lowest BCUT2D eigenvalue weighted by atomic mass is 9.82. The van der Waals surface area contributed by atoms with Crippen molar-refractivity contribution in [1.82, 2.24) is 19.3 Å². The van der Waals surface area contributed by atoms with Gasteiger partial charge in [0.25, 0.3) is 0 Å². The van der Waals surface area contributed by atoms with E-state index in [9.17, 15) is 0 Å². The Morgan fingerprint density at radius 1 is 1.00 bits per heavy atom. The molecule has 0 atom stereocenters. The van der Waals surface area contributed by atoms with Crippen LogP contribution < -0.4 is 5.46 Å². The molecule has 1 aromatic carbocycles. The summed E-state index contributed by atoms with van der Waals surface area (Å²) >= 11 is 0. The van der Waals surface area contributed by atoms with E-state index in [1.807, 2.05) is 35.5 Å². The Balaban J connectivity index is 1.48. The molecule has 3 heterocycles. The van der Waals surface area contributed by atoms with Crippen LogP contribution in [-0.4, -0.2) is 37.7 Å². The monoisotopic (exact) mass is 364 g/mol. The predicted molar refractivity (Wildman–Crippen MR) is 105 cm³/mol. The fourth-order valence-electron chi connectivity index (χ4n) is 3.13. The highest BCUT2D eigenvalue weighted by Crippen LogP contribution is 2.36. The van der Waals surface area contributed by atoms with Crippen LogP contribution in [0.2, 0.25) is 0 Å². The molecular formula is C20H25BN4O2. The van der Waals surface area contributed by atoms with E-state index in [-0.39, 0.29) is 11.2 Å². The van der Waals surface area contributed by atoms with Gasteiger partial charge in [-0.1, -0.05) is 30.3 Å². The van der Waals surface area contributed by atoms with E-state index in [1.165, 1.54) is 5.56 Å². The topological polar surface area (TPSA) is 54.1 Å². The van der Waals surface area contributed by atoms with E-state index < -0.39 is 7.12 Å². The number of aromatic nitrogens is 4. The van der Waals surface area contributed by atoms with E-state index in [2.05, 4.69) is 66.6 Å². The van der Waals surface area contributed by atoms with Crippen molar-refractivity contribution < 1.29 is 9.31 Å². The Labute approximate surface area is 160 Å². The summed E-state index contributed by atoms with van der Waals surface area (Å²) in [5, 5.41) is 4.48. The summed E-state index contributed by atoms with van der Waals surface area (Å²) in [6.07, 6.45) is 7.62. The Bertz CT molecular complexity index is 901.